The van der Waals surface area contributed by atoms with Gasteiger partial charge in [0.2, 0.25) is 5.91 Å². The highest BCUT2D eigenvalue weighted by Gasteiger charge is 2.08. The van der Waals surface area contributed by atoms with Crippen molar-refractivity contribution in [1.29, 1.82) is 0 Å². The second-order valence-electron chi connectivity index (χ2n) is 4.62. The Morgan fingerprint density at radius 2 is 2.05 bits per heavy atom. The number of carbonyl (C=O) groups excluding carboxylic acids is 1. The number of carbonyl (C=O) groups is 1. The summed E-state index contributed by atoms with van der Waals surface area (Å²) in [5, 5.41) is 7.15. The Hall–Kier alpha value is -1.85. The van der Waals surface area contributed by atoms with E-state index in [-0.39, 0.29) is 5.91 Å². The lowest BCUT2D eigenvalue weighted by Gasteiger charge is -2.08. The van der Waals surface area contributed by atoms with Gasteiger partial charge in [-0.15, -0.1) is 11.3 Å². The van der Waals surface area contributed by atoms with Crippen molar-refractivity contribution in [3.63, 3.8) is 0 Å². The van der Waals surface area contributed by atoms with Gasteiger partial charge in [0.25, 0.3) is 0 Å². The molecule has 0 aliphatic heterocycles. The molecule has 0 radical (unpaired) electrons. The maximum absolute atomic E-state index is 12.1. The molecule has 0 atom stereocenters. The Kier molecular flexibility index (Phi) is 4.22. The number of nitrogens with zero attached hydrogens (tertiary/aromatic N) is 1. The highest BCUT2D eigenvalue weighted by atomic mass is 32.2. The van der Waals surface area contributed by atoms with Gasteiger partial charge in [0.15, 0.2) is 4.34 Å². The Morgan fingerprint density at radius 3 is 2.86 bits per heavy atom. The van der Waals surface area contributed by atoms with Crippen LogP contribution in [0.15, 0.2) is 52.2 Å². The van der Waals surface area contributed by atoms with Crippen molar-refractivity contribution in [2.75, 3.05) is 11.1 Å². The van der Waals surface area contributed by atoms with Crippen molar-refractivity contribution >= 4 is 45.5 Å². The summed E-state index contributed by atoms with van der Waals surface area (Å²) in [7, 11) is 0. The summed E-state index contributed by atoms with van der Waals surface area (Å²) in [6.45, 7) is 1.96. The number of aromatic nitrogens is 1. The van der Waals surface area contributed by atoms with Crippen LogP contribution in [0.5, 0.6) is 0 Å². The second-order valence-corrected chi connectivity index (χ2v) is 6.70. The molecule has 1 N–H and O–H groups in total. The zero-order valence-electron chi connectivity index (χ0n) is 11.5. The maximum atomic E-state index is 12.1. The van der Waals surface area contributed by atoms with Crippen molar-refractivity contribution in [1.82, 2.24) is 4.98 Å². The Bertz CT molecular complexity index is 777. The van der Waals surface area contributed by atoms with Crippen LogP contribution < -0.4 is 5.32 Å². The van der Waals surface area contributed by atoms with Crippen LogP contribution in [0.25, 0.3) is 10.8 Å². The number of nitrogens with one attached hydrogen (secondary N) is 1. The largest absolute Gasteiger partial charge is 0.325 e. The first-order chi connectivity index (χ1) is 10.2. The van der Waals surface area contributed by atoms with Gasteiger partial charge in [0.05, 0.1) is 5.75 Å². The van der Waals surface area contributed by atoms with Crippen molar-refractivity contribution in [3.8, 4) is 0 Å². The molecule has 0 aliphatic rings. The van der Waals surface area contributed by atoms with Crippen LogP contribution in [0, 0.1) is 6.92 Å². The average Bonchev–Trinajstić information content (AvgIpc) is 2.91. The predicted molar refractivity (Wildman–Crippen MR) is 90.2 cm³/mol. The van der Waals surface area contributed by atoms with E-state index in [1.807, 2.05) is 54.8 Å². The number of amides is 1. The molecular weight excluding hydrogens is 300 g/mol. The van der Waals surface area contributed by atoms with Crippen LogP contribution in [0.4, 0.5) is 5.69 Å². The monoisotopic (exact) mass is 314 g/mol. The molecule has 106 valence electrons. The third kappa shape index (κ3) is 3.43. The molecule has 0 fully saturated rings. The van der Waals surface area contributed by atoms with E-state index in [9.17, 15) is 4.79 Å². The van der Waals surface area contributed by atoms with Crippen LogP contribution >= 0.6 is 23.1 Å². The number of benzene rings is 2. The summed E-state index contributed by atoms with van der Waals surface area (Å²) < 4.78 is 0.931. The standard InChI is InChI=1S/C16H14N2OS2/c1-11-9-20-16(17-11)21-10-15(19)18-14-8-4-6-12-5-2-3-7-13(12)14/h2-9H,10H2,1H3,(H,18,19). The number of aryl methyl sites for hydroxylation is 1. The normalized spacial score (nSPS) is 10.7. The topological polar surface area (TPSA) is 42.0 Å². The molecule has 21 heavy (non-hydrogen) atoms. The van der Waals surface area contributed by atoms with Crippen LogP contribution in [0.2, 0.25) is 0 Å². The molecular formula is C16H14N2OS2. The van der Waals surface area contributed by atoms with Crippen LogP contribution in [0.3, 0.4) is 0 Å². The van der Waals surface area contributed by atoms with E-state index < -0.39 is 0 Å². The van der Waals surface area contributed by atoms with E-state index in [0.29, 0.717) is 5.75 Å². The van der Waals surface area contributed by atoms with Gasteiger partial charge < -0.3 is 5.32 Å². The smallest absolute Gasteiger partial charge is 0.234 e. The molecule has 1 heterocycles. The van der Waals surface area contributed by atoms with Gasteiger partial charge in [-0.2, -0.15) is 0 Å². The number of hydrogen-bond acceptors (Lipinski definition) is 4. The number of rotatable bonds is 4. The van der Waals surface area contributed by atoms with E-state index in [1.165, 1.54) is 11.8 Å². The lowest BCUT2D eigenvalue weighted by Crippen LogP contribution is -2.14. The molecule has 1 aromatic heterocycles. The summed E-state index contributed by atoms with van der Waals surface area (Å²) >= 11 is 3.04. The maximum Gasteiger partial charge on any atom is 0.234 e. The zero-order valence-corrected chi connectivity index (χ0v) is 13.1. The van der Waals surface area contributed by atoms with Gasteiger partial charge in [-0.3, -0.25) is 4.79 Å². The fraction of sp³-hybridized carbons (Fsp3) is 0.125. The van der Waals surface area contributed by atoms with Crippen molar-refractivity contribution in [2.24, 2.45) is 0 Å². The van der Waals surface area contributed by atoms with E-state index >= 15 is 0 Å². The Morgan fingerprint density at radius 1 is 1.24 bits per heavy atom. The summed E-state index contributed by atoms with van der Waals surface area (Å²) in [4.78, 5) is 16.4. The van der Waals surface area contributed by atoms with Crippen molar-refractivity contribution < 1.29 is 4.79 Å². The second kappa shape index (κ2) is 6.28. The quantitative estimate of drug-likeness (QED) is 0.729. The molecule has 3 nitrogen and oxygen atoms in total. The molecule has 3 aromatic rings. The number of thiazole rings is 1. The minimum atomic E-state index is -0.00999. The van der Waals surface area contributed by atoms with Gasteiger partial charge >= 0.3 is 0 Å². The molecule has 1 amide bonds. The molecule has 0 saturated carbocycles. The fourth-order valence-electron chi connectivity index (χ4n) is 2.05. The minimum absolute atomic E-state index is 0.00999. The first-order valence-electron chi connectivity index (χ1n) is 6.55. The minimum Gasteiger partial charge on any atom is -0.325 e. The Labute approximate surface area is 131 Å². The average molecular weight is 314 g/mol. The van der Waals surface area contributed by atoms with E-state index in [0.717, 1.165) is 26.5 Å². The summed E-state index contributed by atoms with van der Waals surface area (Å²) in [6.07, 6.45) is 0. The first-order valence-corrected chi connectivity index (χ1v) is 8.41. The SMILES string of the molecule is Cc1csc(SCC(=O)Nc2cccc3ccccc23)n1. The highest BCUT2D eigenvalue weighted by Crippen LogP contribution is 2.25. The van der Waals surface area contributed by atoms with Gasteiger partial charge in [0.1, 0.15) is 0 Å². The molecule has 0 unspecified atom stereocenters. The van der Waals surface area contributed by atoms with Gasteiger partial charge in [-0.1, -0.05) is 48.2 Å². The first kappa shape index (κ1) is 14.1. The molecule has 0 saturated heterocycles. The lowest BCUT2D eigenvalue weighted by molar-refractivity contribution is -0.113. The molecule has 0 aliphatic carbocycles. The van der Waals surface area contributed by atoms with Crippen LogP contribution in [-0.4, -0.2) is 16.6 Å². The Balaban J connectivity index is 1.69. The van der Waals surface area contributed by atoms with Gasteiger partial charge in [-0.25, -0.2) is 4.98 Å². The molecule has 5 heteroatoms. The van der Waals surface area contributed by atoms with Gasteiger partial charge in [-0.05, 0) is 18.4 Å². The summed E-state index contributed by atoms with van der Waals surface area (Å²) in [5.41, 5.74) is 1.85. The third-order valence-electron chi connectivity index (χ3n) is 2.99. The van der Waals surface area contributed by atoms with Crippen molar-refractivity contribution in [2.45, 2.75) is 11.3 Å². The highest BCUT2D eigenvalue weighted by molar-refractivity contribution is 8.01. The van der Waals surface area contributed by atoms with Gasteiger partial charge in [0, 0.05) is 22.1 Å². The fourth-order valence-corrected chi connectivity index (χ4v) is 3.70. The van der Waals surface area contributed by atoms with E-state index in [2.05, 4.69) is 10.3 Å². The molecule has 0 bridgehead atoms. The molecule has 0 spiro atoms. The number of fused-ring (bicyclic) bond motifs is 1. The van der Waals surface area contributed by atoms with Crippen LogP contribution in [0.1, 0.15) is 5.69 Å². The molecule has 2 aromatic carbocycles. The van der Waals surface area contributed by atoms with Crippen LogP contribution in [-0.2, 0) is 4.79 Å². The van der Waals surface area contributed by atoms with Crippen molar-refractivity contribution in [3.05, 3.63) is 53.5 Å². The molecule has 3 rings (SSSR count). The predicted octanol–water partition coefficient (Wildman–Crippen LogP) is 4.34. The summed E-state index contributed by atoms with van der Waals surface area (Å²) in [6, 6.07) is 14.0. The van der Waals surface area contributed by atoms with E-state index in [4.69, 9.17) is 0 Å². The summed E-state index contributed by atoms with van der Waals surface area (Å²) in [5.74, 6) is 0.361. The van der Waals surface area contributed by atoms with E-state index in [1.54, 1.807) is 11.3 Å². The third-order valence-corrected chi connectivity index (χ3v) is 5.13. The zero-order chi connectivity index (χ0) is 14.7. The number of anilines is 1. The number of hydrogen-bond donors (Lipinski definition) is 1. The number of thioether (sulfide) groups is 1. The lowest BCUT2D eigenvalue weighted by atomic mass is 10.1.